The number of rotatable bonds is 5. The Morgan fingerprint density at radius 2 is 1.55 bits per heavy atom. The molecular formula is C15H25N3OSi. The lowest BCUT2D eigenvalue weighted by atomic mass is 10.0. The minimum Gasteiger partial charge on any atom is -0.385 e. The van der Waals surface area contributed by atoms with Crippen LogP contribution in [0.2, 0.25) is 19.6 Å². The fourth-order valence-corrected chi connectivity index (χ4v) is 3.26. The normalized spacial score (nSPS) is 14.8. The monoisotopic (exact) mass is 291 g/mol. The quantitative estimate of drug-likeness (QED) is 0.618. The number of benzene rings is 1. The molecule has 1 rings (SSSR count). The maximum atomic E-state index is 9.74. The van der Waals surface area contributed by atoms with Crippen molar-refractivity contribution in [2.24, 2.45) is 0 Å². The third kappa shape index (κ3) is 3.60. The lowest BCUT2D eigenvalue weighted by Gasteiger charge is -2.38. The lowest BCUT2D eigenvalue weighted by Crippen LogP contribution is -2.49. The molecule has 0 saturated heterocycles. The lowest BCUT2D eigenvalue weighted by molar-refractivity contribution is -0.0178. The van der Waals surface area contributed by atoms with E-state index in [9.17, 15) is 5.26 Å². The summed E-state index contributed by atoms with van der Waals surface area (Å²) in [6.45, 7) is 6.28. The molecule has 20 heavy (non-hydrogen) atoms. The van der Waals surface area contributed by atoms with E-state index < -0.39 is 14.0 Å². The maximum absolute atomic E-state index is 9.74. The number of hydrogen-bond acceptors (Lipinski definition) is 4. The molecule has 0 N–H and O–H groups in total. The number of nitrogens with zero attached hydrogens (tertiary/aromatic N) is 3. The SMILES string of the molecule is CN(C)c1ccc(C(C#N)(O[Si](C)(C)C)N(C)C)cc1. The van der Waals surface area contributed by atoms with E-state index in [4.69, 9.17) is 4.43 Å². The summed E-state index contributed by atoms with van der Waals surface area (Å²) in [6.07, 6.45) is 0. The van der Waals surface area contributed by atoms with E-state index in [0.717, 1.165) is 11.3 Å². The van der Waals surface area contributed by atoms with Crippen LogP contribution in [0, 0.1) is 11.3 Å². The van der Waals surface area contributed by atoms with Crippen molar-refractivity contribution >= 4 is 14.0 Å². The number of anilines is 1. The van der Waals surface area contributed by atoms with Gasteiger partial charge in [0, 0.05) is 25.3 Å². The summed E-state index contributed by atoms with van der Waals surface area (Å²) in [5, 5.41) is 9.74. The van der Waals surface area contributed by atoms with Crippen molar-refractivity contribution in [2.75, 3.05) is 33.1 Å². The zero-order valence-corrected chi connectivity index (χ0v) is 14.6. The van der Waals surface area contributed by atoms with Crippen molar-refractivity contribution in [3.63, 3.8) is 0 Å². The Hall–Kier alpha value is -1.35. The predicted octanol–water partition coefficient (Wildman–Crippen LogP) is 2.84. The Kier molecular flexibility index (Phi) is 4.98. The van der Waals surface area contributed by atoms with Crippen molar-refractivity contribution in [1.82, 2.24) is 4.90 Å². The molecule has 5 heteroatoms. The molecule has 0 spiro atoms. The zero-order valence-electron chi connectivity index (χ0n) is 13.6. The molecule has 4 nitrogen and oxygen atoms in total. The highest BCUT2D eigenvalue weighted by atomic mass is 28.4. The molecule has 0 bridgehead atoms. The van der Waals surface area contributed by atoms with E-state index in [1.807, 2.05) is 62.3 Å². The van der Waals surface area contributed by atoms with Gasteiger partial charge in [0.05, 0.1) is 0 Å². The van der Waals surface area contributed by atoms with Gasteiger partial charge >= 0.3 is 0 Å². The van der Waals surface area contributed by atoms with Crippen molar-refractivity contribution in [3.8, 4) is 6.07 Å². The van der Waals surface area contributed by atoms with E-state index in [0.29, 0.717) is 0 Å². The van der Waals surface area contributed by atoms with Gasteiger partial charge in [-0.25, -0.2) is 0 Å². The van der Waals surface area contributed by atoms with Crippen LogP contribution in [0.15, 0.2) is 24.3 Å². The molecule has 1 atom stereocenters. The van der Waals surface area contributed by atoms with Gasteiger partial charge in [-0.1, -0.05) is 12.1 Å². The third-order valence-electron chi connectivity index (χ3n) is 3.01. The highest BCUT2D eigenvalue weighted by Crippen LogP contribution is 2.32. The average Bonchev–Trinajstić information content (AvgIpc) is 2.34. The number of hydrogen-bond donors (Lipinski definition) is 0. The predicted molar refractivity (Wildman–Crippen MR) is 86.2 cm³/mol. The first kappa shape index (κ1) is 16.7. The molecule has 0 aromatic heterocycles. The molecule has 0 saturated carbocycles. The number of nitriles is 1. The Balaban J connectivity index is 3.28. The molecule has 0 aliphatic heterocycles. The molecule has 1 aromatic carbocycles. The van der Waals surface area contributed by atoms with Crippen LogP contribution < -0.4 is 4.90 Å². The first-order valence-corrected chi connectivity index (χ1v) is 10.1. The molecule has 0 radical (unpaired) electrons. The molecule has 0 aliphatic carbocycles. The van der Waals surface area contributed by atoms with Gasteiger partial charge in [0.2, 0.25) is 5.72 Å². The Morgan fingerprint density at radius 3 is 1.85 bits per heavy atom. The second kappa shape index (κ2) is 5.96. The van der Waals surface area contributed by atoms with Crippen molar-refractivity contribution in [1.29, 1.82) is 5.26 Å². The summed E-state index contributed by atoms with van der Waals surface area (Å²) < 4.78 is 6.21. The largest absolute Gasteiger partial charge is 0.385 e. The van der Waals surface area contributed by atoms with Crippen LogP contribution in [0.3, 0.4) is 0 Å². The van der Waals surface area contributed by atoms with Gasteiger partial charge in [0.1, 0.15) is 6.07 Å². The molecule has 110 valence electrons. The average molecular weight is 291 g/mol. The smallest absolute Gasteiger partial charge is 0.227 e. The van der Waals surface area contributed by atoms with E-state index in [2.05, 4.69) is 25.7 Å². The molecular weight excluding hydrogens is 266 g/mol. The van der Waals surface area contributed by atoms with Crippen molar-refractivity contribution < 1.29 is 4.43 Å². The van der Waals surface area contributed by atoms with Gasteiger partial charge in [-0.05, 0) is 45.9 Å². The second-order valence-corrected chi connectivity index (χ2v) is 10.7. The van der Waals surface area contributed by atoms with E-state index in [-0.39, 0.29) is 0 Å². The summed E-state index contributed by atoms with van der Waals surface area (Å²) in [4.78, 5) is 3.88. The first-order valence-electron chi connectivity index (χ1n) is 6.69. The van der Waals surface area contributed by atoms with E-state index in [1.54, 1.807) is 0 Å². The minimum absolute atomic E-state index is 0.873. The van der Waals surface area contributed by atoms with Gasteiger partial charge in [0.25, 0.3) is 0 Å². The van der Waals surface area contributed by atoms with Crippen LogP contribution >= 0.6 is 0 Å². The van der Waals surface area contributed by atoms with Crippen LogP contribution in [-0.4, -0.2) is 41.4 Å². The molecule has 0 heterocycles. The topological polar surface area (TPSA) is 39.5 Å². The molecule has 0 amide bonds. The Bertz CT molecular complexity index is 485. The van der Waals surface area contributed by atoms with Crippen LogP contribution in [-0.2, 0) is 10.2 Å². The van der Waals surface area contributed by atoms with Crippen LogP contribution in [0.25, 0.3) is 0 Å². The van der Waals surface area contributed by atoms with Crippen molar-refractivity contribution in [2.45, 2.75) is 25.4 Å². The first-order chi connectivity index (χ1) is 9.12. The zero-order chi connectivity index (χ0) is 15.6. The van der Waals surface area contributed by atoms with Gasteiger partial charge in [-0.15, -0.1) is 0 Å². The highest BCUT2D eigenvalue weighted by Gasteiger charge is 2.40. The van der Waals surface area contributed by atoms with Crippen LogP contribution in [0.1, 0.15) is 5.56 Å². The summed E-state index contributed by atoms with van der Waals surface area (Å²) in [7, 11) is 5.88. The fraction of sp³-hybridized carbons (Fsp3) is 0.533. The summed E-state index contributed by atoms with van der Waals surface area (Å²) in [6, 6.07) is 10.3. The van der Waals surface area contributed by atoms with Crippen molar-refractivity contribution in [3.05, 3.63) is 29.8 Å². The highest BCUT2D eigenvalue weighted by molar-refractivity contribution is 6.69. The fourth-order valence-electron chi connectivity index (χ4n) is 2.02. The summed E-state index contributed by atoms with van der Waals surface area (Å²) >= 11 is 0. The maximum Gasteiger partial charge on any atom is 0.227 e. The molecule has 1 aromatic rings. The Labute approximate surface area is 123 Å². The minimum atomic E-state index is -1.87. The summed E-state index contributed by atoms with van der Waals surface area (Å²) in [5.74, 6) is 0. The van der Waals surface area contributed by atoms with Gasteiger partial charge in [-0.2, -0.15) is 5.26 Å². The third-order valence-corrected chi connectivity index (χ3v) is 3.92. The van der Waals surface area contributed by atoms with Gasteiger partial charge < -0.3 is 9.33 Å². The van der Waals surface area contributed by atoms with Crippen LogP contribution in [0.4, 0.5) is 5.69 Å². The molecule has 0 aliphatic rings. The summed E-state index contributed by atoms with van der Waals surface area (Å²) in [5.41, 5.74) is 0.959. The van der Waals surface area contributed by atoms with Gasteiger partial charge in [-0.3, -0.25) is 4.90 Å². The molecule has 0 fully saturated rings. The van der Waals surface area contributed by atoms with Crippen LogP contribution in [0.5, 0.6) is 0 Å². The van der Waals surface area contributed by atoms with Gasteiger partial charge in [0.15, 0.2) is 8.32 Å². The second-order valence-electron chi connectivity index (χ2n) is 6.31. The van der Waals surface area contributed by atoms with E-state index >= 15 is 0 Å². The molecule has 1 unspecified atom stereocenters. The van der Waals surface area contributed by atoms with E-state index in [1.165, 1.54) is 0 Å². The Morgan fingerprint density at radius 1 is 1.05 bits per heavy atom. The standard InChI is InChI=1S/C15H25N3OSi/c1-17(2)14-10-8-13(9-11-14)15(12-16,18(3)4)19-20(5,6)7/h8-11H,1-7H3.